The highest BCUT2D eigenvalue weighted by atomic mass is 16.5. The standard InChI is InChI=1S/C13H26O3/c1-11(2,3)13(7,12(4,5)6)10(15)16-9-8-14/h14H,8-9H2,1-7H3. The summed E-state index contributed by atoms with van der Waals surface area (Å²) >= 11 is 0. The molecule has 0 spiro atoms. The molecule has 0 amide bonds. The maximum absolute atomic E-state index is 12.2. The summed E-state index contributed by atoms with van der Waals surface area (Å²) in [6.07, 6.45) is 0. The van der Waals surface area contributed by atoms with E-state index in [0.717, 1.165) is 0 Å². The molecular formula is C13H26O3. The Morgan fingerprint density at radius 3 is 1.62 bits per heavy atom. The number of carbonyl (C=O) groups is 1. The van der Waals surface area contributed by atoms with Crippen LogP contribution in [0.15, 0.2) is 0 Å². The summed E-state index contributed by atoms with van der Waals surface area (Å²) in [5.74, 6) is -0.235. The minimum absolute atomic E-state index is 0.0700. The molecule has 0 saturated heterocycles. The number of carbonyl (C=O) groups excluding carboxylic acids is 1. The topological polar surface area (TPSA) is 46.5 Å². The molecule has 0 aromatic carbocycles. The zero-order valence-electron chi connectivity index (χ0n) is 11.7. The third-order valence-corrected chi connectivity index (χ3v) is 3.73. The van der Waals surface area contributed by atoms with Crippen LogP contribution in [-0.2, 0) is 9.53 Å². The Morgan fingerprint density at radius 2 is 1.38 bits per heavy atom. The van der Waals surface area contributed by atoms with Gasteiger partial charge in [-0.2, -0.15) is 0 Å². The van der Waals surface area contributed by atoms with Crippen molar-refractivity contribution < 1.29 is 14.6 Å². The van der Waals surface area contributed by atoms with Gasteiger partial charge in [0, 0.05) is 0 Å². The van der Waals surface area contributed by atoms with Gasteiger partial charge in [-0.25, -0.2) is 0 Å². The SMILES string of the molecule is CC(C)(C)C(C)(C(=O)OCCO)C(C)(C)C. The fraction of sp³-hybridized carbons (Fsp3) is 0.923. The van der Waals surface area contributed by atoms with E-state index in [2.05, 4.69) is 0 Å². The second-order valence-corrected chi connectivity index (χ2v) is 6.48. The van der Waals surface area contributed by atoms with E-state index in [1.807, 2.05) is 48.5 Å². The predicted molar refractivity (Wildman–Crippen MR) is 65.1 cm³/mol. The van der Waals surface area contributed by atoms with Gasteiger partial charge in [0.25, 0.3) is 0 Å². The molecule has 0 heterocycles. The van der Waals surface area contributed by atoms with Crippen LogP contribution in [-0.4, -0.2) is 24.3 Å². The van der Waals surface area contributed by atoms with Gasteiger partial charge in [0.05, 0.1) is 12.0 Å². The van der Waals surface area contributed by atoms with Crippen LogP contribution in [0.4, 0.5) is 0 Å². The van der Waals surface area contributed by atoms with E-state index in [1.54, 1.807) is 0 Å². The van der Waals surface area contributed by atoms with E-state index in [9.17, 15) is 4.79 Å². The Balaban J connectivity index is 5.19. The lowest BCUT2D eigenvalue weighted by Gasteiger charge is -2.48. The van der Waals surface area contributed by atoms with Crippen LogP contribution < -0.4 is 0 Å². The number of hydrogen-bond acceptors (Lipinski definition) is 3. The highest BCUT2D eigenvalue weighted by molar-refractivity contribution is 5.78. The van der Waals surface area contributed by atoms with Gasteiger partial charge in [-0.1, -0.05) is 41.5 Å². The summed E-state index contributed by atoms with van der Waals surface area (Å²) in [6.45, 7) is 14.1. The number of aliphatic hydroxyl groups excluding tert-OH is 1. The summed E-state index contributed by atoms with van der Waals surface area (Å²) in [7, 11) is 0. The Morgan fingerprint density at radius 1 is 1.00 bits per heavy atom. The molecule has 0 aliphatic carbocycles. The summed E-state index contributed by atoms with van der Waals surface area (Å²) in [6, 6.07) is 0. The third kappa shape index (κ3) is 2.76. The van der Waals surface area contributed by atoms with Crippen LogP contribution in [0.5, 0.6) is 0 Å². The van der Waals surface area contributed by atoms with Gasteiger partial charge in [0.2, 0.25) is 0 Å². The van der Waals surface area contributed by atoms with Crippen LogP contribution in [0, 0.1) is 16.2 Å². The molecule has 0 unspecified atom stereocenters. The fourth-order valence-electron chi connectivity index (χ4n) is 2.02. The first-order valence-electron chi connectivity index (χ1n) is 5.76. The first-order valence-corrected chi connectivity index (χ1v) is 5.76. The van der Waals surface area contributed by atoms with Crippen LogP contribution in [0.25, 0.3) is 0 Å². The molecule has 0 aromatic heterocycles. The smallest absolute Gasteiger partial charge is 0.312 e. The minimum atomic E-state index is -0.588. The molecule has 16 heavy (non-hydrogen) atoms. The Bertz CT molecular complexity index is 229. The quantitative estimate of drug-likeness (QED) is 0.758. The van der Waals surface area contributed by atoms with Crippen molar-refractivity contribution in [3.63, 3.8) is 0 Å². The average molecular weight is 230 g/mol. The Hall–Kier alpha value is -0.570. The van der Waals surface area contributed by atoms with Crippen molar-refractivity contribution in [2.24, 2.45) is 16.2 Å². The van der Waals surface area contributed by atoms with Gasteiger partial charge >= 0.3 is 5.97 Å². The zero-order valence-corrected chi connectivity index (χ0v) is 11.7. The first-order chi connectivity index (χ1) is 6.98. The van der Waals surface area contributed by atoms with Crippen LogP contribution >= 0.6 is 0 Å². The minimum Gasteiger partial charge on any atom is -0.463 e. The van der Waals surface area contributed by atoms with Crippen molar-refractivity contribution in [2.75, 3.05) is 13.2 Å². The number of esters is 1. The lowest BCUT2D eigenvalue weighted by Crippen LogP contribution is -2.51. The van der Waals surface area contributed by atoms with E-state index >= 15 is 0 Å². The highest BCUT2D eigenvalue weighted by Gasteiger charge is 2.53. The zero-order chi connectivity index (χ0) is 13.2. The van der Waals surface area contributed by atoms with Crippen molar-refractivity contribution in [3.05, 3.63) is 0 Å². The molecular weight excluding hydrogens is 204 g/mol. The molecule has 0 fully saturated rings. The fourth-order valence-corrected chi connectivity index (χ4v) is 2.02. The number of rotatable bonds is 3. The predicted octanol–water partition coefficient (Wildman–Crippen LogP) is 2.62. The summed E-state index contributed by atoms with van der Waals surface area (Å²) in [5.41, 5.74) is -0.981. The molecule has 0 aromatic rings. The van der Waals surface area contributed by atoms with Crippen molar-refractivity contribution in [1.29, 1.82) is 0 Å². The van der Waals surface area contributed by atoms with E-state index in [0.29, 0.717) is 0 Å². The summed E-state index contributed by atoms with van der Waals surface area (Å²) in [4.78, 5) is 12.2. The van der Waals surface area contributed by atoms with Crippen LogP contribution in [0.2, 0.25) is 0 Å². The van der Waals surface area contributed by atoms with Gasteiger partial charge in [-0.05, 0) is 17.8 Å². The van der Waals surface area contributed by atoms with Crippen LogP contribution in [0.1, 0.15) is 48.5 Å². The molecule has 3 heteroatoms. The second-order valence-electron chi connectivity index (χ2n) is 6.48. The molecule has 0 aliphatic rings. The maximum Gasteiger partial charge on any atom is 0.312 e. The third-order valence-electron chi connectivity index (χ3n) is 3.73. The van der Waals surface area contributed by atoms with Gasteiger partial charge in [-0.15, -0.1) is 0 Å². The number of hydrogen-bond donors (Lipinski definition) is 1. The lowest BCUT2D eigenvalue weighted by molar-refractivity contribution is -0.173. The molecule has 0 bridgehead atoms. The number of ether oxygens (including phenoxy) is 1. The van der Waals surface area contributed by atoms with E-state index in [4.69, 9.17) is 9.84 Å². The highest BCUT2D eigenvalue weighted by Crippen LogP contribution is 2.51. The molecule has 96 valence electrons. The first kappa shape index (κ1) is 15.4. The van der Waals surface area contributed by atoms with E-state index in [-0.39, 0.29) is 30.0 Å². The molecule has 0 rings (SSSR count). The van der Waals surface area contributed by atoms with Gasteiger partial charge < -0.3 is 9.84 Å². The normalized spacial score (nSPS) is 13.8. The number of aliphatic hydroxyl groups is 1. The monoisotopic (exact) mass is 230 g/mol. The molecule has 0 radical (unpaired) electrons. The second kappa shape index (κ2) is 4.74. The Kier molecular flexibility index (Phi) is 4.57. The molecule has 1 N–H and O–H groups in total. The maximum atomic E-state index is 12.2. The van der Waals surface area contributed by atoms with E-state index < -0.39 is 5.41 Å². The van der Waals surface area contributed by atoms with Crippen molar-refractivity contribution in [3.8, 4) is 0 Å². The molecule has 3 nitrogen and oxygen atoms in total. The van der Waals surface area contributed by atoms with Crippen LogP contribution in [0.3, 0.4) is 0 Å². The van der Waals surface area contributed by atoms with Gasteiger partial charge in [-0.3, -0.25) is 4.79 Å². The van der Waals surface area contributed by atoms with Gasteiger partial charge in [0.15, 0.2) is 0 Å². The van der Waals surface area contributed by atoms with E-state index in [1.165, 1.54) is 0 Å². The average Bonchev–Trinajstić information content (AvgIpc) is 2.08. The molecule has 0 atom stereocenters. The Labute approximate surface area is 99.2 Å². The van der Waals surface area contributed by atoms with Crippen molar-refractivity contribution >= 4 is 5.97 Å². The summed E-state index contributed by atoms with van der Waals surface area (Å²) < 4.78 is 5.12. The molecule has 0 aliphatic heterocycles. The van der Waals surface area contributed by atoms with Crippen molar-refractivity contribution in [1.82, 2.24) is 0 Å². The van der Waals surface area contributed by atoms with Gasteiger partial charge in [0.1, 0.15) is 6.61 Å². The van der Waals surface area contributed by atoms with Crippen molar-refractivity contribution in [2.45, 2.75) is 48.5 Å². The lowest BCUT2D eigenvalue weighted by atomic mass is 9.55. The summed E-state index contributed by atoms with van der Waals surface area (Å²) in [5, 5.41) is 8.71. The molecule has 0 saturated carbocycles. The largest absolute Gasteiger partial charge is 0.463 e.